The van der Waals surface area contributed by atoms with Gasteiger partial charge in [-0.05, 0) is 25.3 Å². The number of hydrogen-bond donors (Lipinski definition) is 0. The Labute approximate surface area is 133 Å². The van der Waals surface area contributed by atoms with Gasteiger partial charge in [0.05, 0.1) is 4.92 Å². The molecular formula is C13H10N4O3S2. The zero-order valence-electron chi connectivity index (χ0n) is 11.6. The van der Waals surface area contributed by atoms with Crippen LogP contribution in [0.3, 0.4) is 0 Å². The Kier molecular flexibility index (Phi) is 3.90. The lowest BCUT2D eigenvalue weighted by molar-refractivity contribution is -0.385. The van der Waals surface area contributed by atoms with Crippen LogP contribution in [0.4, 0.5) is 5.69 Å². The van der Waals surface area contributed by atoms with Crippen molar-refractivity contribution in [2.75, 3.05) is 6.26 Å². The first-order valence-electron chi connectivity index (χ1n) is 6.17. The molecule has 112 valence electrons. The van der Waals surface area contributed by atoms with Gasteiger partial charge in [-0.2, -0.15) is 0 Å². The normalized spacial score (nSPS) is 10.8. The number of nitrogens with zero attached hydrogens (tertiary/aromatic N) is 4. The molecule has 0 amide bonds. The Bertz CT molecular complexity index is 866. The van der Waals surface area contributed by atoms with Gasteiger partial charge in [0.2, 0.25) is 5.88 Å². The number of aromatic nitrogens is 3. The summed E-state index contributed by atoms with van der Waals surface area (Å²) in [6.45, 7) is 1.67. The molecule has 22 heavy (non-hydrogen) atoms. The molecule has 9 heteroatoms. The second-order valence-electron chi connectivity index (χ2n) is 4.32. The summed E-state index contributed by atoms with van der Waals surface area (Å²) in [7, 11) is 0. The molecule has 0 bridgehead atoms. The van der Waals surface area contributed by atoms with Gasteiger partial charge in [-0.3, -0.25) is 10.1 Å². The van der Waals surface area contributed by atoms with Crippen molar-refractivity contribution in [1.82, 2.24) is 15.0 Å². The molecule has 0 saturated carbocycles. The summed E-state index contributed by atoms with van der Waals surface area (Å²) < 4.78 is 7.38. The van der Waals surface area contributed by atoms with Gasteiger partial charge in [0.25, 0.3) is 5.69 Å². The molecule has 3 rings (SSSR count). The van der Waals surface area contributed by atoms with Crippen molar-refractivity contribution in [2.24, 2.45) is 0 Å². The highest BCUT2D eigenvalue weighted by molar-refractivity contribution is 8.00. The van der Waals surface area contributed by atoms with Gasteiger partial charge >= 0.3 is 0 Å². The van der Waals surface area contributed by atoms with Gasteiger partial charge < -0.3 is 4.74 Å². The van der Waals surface area contributed by atoms with Crippen molar-refractivity contribution < 1.29 is 9.66 Å². The van der Waals surface area contributed by atoms with E-state index in [9.17, 15) is 10.1 Å². The Morgan fingerprint density at radius 2 is 2.18 bits per heavy atom. The molecule has 0 atom stereocenters. The van der Waals surface area contributed by atoms with Crippen molar-refractivity contribution in [1.29, 1.82) is 0 Å². The number of benzene rings is 1. The van der Waals surface area contributed by atoms with E-state index in [1.165, 1.54) is 35.5 Å². The highest BCUT2D eigenvalue weighted by atomic mass is 32.2. The summed E-state index contributed by atoms with van der Waals surface area (Å²) in [5.41, 5.74) is 1.17. The topological polar surface area (TPSA) is 91.0 Å². The maximum atomic E-state index is 10.8. The highest BCUT2D eigenvalue weighted by Crippen LogP contribution is 2.35. The monoisotopic (exact) mass is 334 g/mol. The predicted octanol–water partition coefficient (Wildman–Crippen LogP) is 3.82. The minimum Gasteiger partial charge on any atom is -0.437 e. The molecule has 0 fully saturated rings. The smallest absolute Gasteiger partial charge is 0.272 e. The van der Waals surface area contributed by atoms with Gasteiger partial charge in [-0.25, -0.2) is 15.0 Å². The number of hydrogen-bond acceptors (Lipinski definition) is 8. The number of rotatable bonds is 4. The quantitative estimate of drug-likeness (QED) is 0.407. The van der Waals surface area contributed by atoms with Crippen molar-refractivity contribution in [3.05, 3.63) is 40.2 Å². The molecule has 2 heterocycles. The van der Waals surface area contributed by atoms with E-state index in [1.54, 1.807) is 19.1 Å². The summed E-state index contributed by atoms with van der Waals surface area (Å²) in [6, 6.07) is 4.58. The average Bonchev–Trinajstić information content (AvgIpc) is 2.91. The zero-order valence-corrected chi connectivity index (χ0v) is 13.3. The summed E-state index contributed by atoms with van der Waals surface area (Å²) >= 11 is 2.98. The molecule has 0 aliphatic rings. The van der Waals surface area contributed by atoms with Crippen molar-refractivity contribution >= 4 is 39.1 Å². The maximum absolute atomic E-state index is 10.8. The first-order valence-corrected chi connectivity index (χ1v) is 8.21. The number of nitro groups is 1. The largest absolute Gasteiger partial charge is 0.437 e. The molecule has 0 radical (unpaired) electrons. The fourth-order valence-corrected chi connectivity index (χ4v) is 3.32. The molecule has 0 saturated heterocycles. The third kappa shape index (κ3) is 2.72. The van der Waals surface area contributed by atoms with E-state index in [1.807, 2.05) is 6.26 Å². The van der Waals surface area contributed by atoms with Crippen LogP contribution in [0.2, 0.25) is 0 Å². The summed E-state index contributed by atoms with van der Waals surface area (Å²) in [6.07, 6.45) is 3.32. The molecule has 2 aromatic heterocycles. The molecule has 0 aliphatic carbocycles. The first-order chi connectivity index (χ1) is 10.6. The van der Waals surface area contributed by atoms with Crippen LogP contribution < -0.4 is 4.74 Å². The lowest BCUT2D eigenvalue weighted by Gasteiger charge is -2.05. The lowest BCUT2D eigenvalue weighted by atomic mass is 10.2. The second kappa shape index (κ2) is 5.85. The van der Waals surface area contributed by atoms with Crippen LogP contribution in [-0.4, -0.2) is 26.1 Å². The van der Waals surface area contributed by atoms with Crippen LogP contribution in [0.15, 0.2) is 28.9 Å². The van der Waals surface area contributed by atoms with Gasteiger partial charge in [-0.1, -0.05) is 11.8 Å². The summed E-state index contributed by atoms with van der Waals surface area (Å²) in [4.78, 5) is 23.0. The SMILES string of the molecule is CSc1nc2ncnc(Oc3ccc([N+](=O)[O-])c(C)c3)c2s1. The molecule has 0 unspecified atom stereocenters. The van der Waals surface area contributed by atoms with E-state index in [4.69, 9.17) is 4.74 Å². The molecule has 1 aromatic carbocycles. The number of thiazole rings is 1. The van der Waals surface area contributed by atoms with Crippen LogP contribution >= 0.6 is 23.1 Å². The Hall–Kier alpha value is -2.26. The predicted molar refractivity (Wildman–Crippen MR) is 84.9 cm³/mol. The summed E-state index contributed by atoms with van der Waals surface area (Å²) in [5, 5.41) is 10.8. The standard InChI is InChI=1S/C13H10N4O3S2/c1-7-5-8(3-4-9(7)17(18)19)20-12-10-11(14-6-15-12)16-13(21-2)22-10/h3-6H,1-2H3. The van der Waals surface area contributed by atoms with E-state index in [-0.39, 0.29) is 5.69 Å². The second-order valence-corrected chi connectivity index (χ2v) is 6.38. The van der Waals surface area contributed by atoms with Crippen LogP contribution in [-0.2, 0) is 0 Å². The number of aryl methyl sites for hydroxylation is 1. The van der Waals surface area contributed by atoms with Gasteiger partial charge in [0.1, 0.15) is 16.8 Å². The van der Waals surface area contributed by atoms with Crippen molar-refractivity contribution in [3.63, 3.8) is 0 Å². The van der Waals surface area contributed by atoms with Crippen LogP contribution in [0.1, 0.15) is 5.56 Å². The third-order valence-electron chi connectivity index (χ3n) is 2.89. The van der Waals surface area contributed by atoms with E-state index in [0.717, 1.165) is 9.04 Å². The van der Waals surface area contributed by atoms with Crippen molar-refractivity contribution in [2.45, 2.75) is 11.3 Å². The highest BCUT2D eigenvalue weighted by Gasteiger charge is 2.14. The zero-order chi connectivity index (χ0) is 15.7. The first kappa shape index (κ1) is 14.7. The molecule has 0 spiro atoms. The Morgan fingerprint density at radius 1 is 1.36 bits per heavy atom. The van der Waals surface area contributed by atoms with Crippen LogP contribution in [0, 0.1) is 17.0 Å². The fraction of sp³-hybridized carbons (Fsp3) is 0.154. The molecule has 7 nitrogen and oxygen atoms in total. The molecule has 0 N–H and O–H groups in total. The molecule has 3 aromatic rings. The average molecular weight is 334 g/mol. The van der Waals surface area contributed by atoms with E-state index < -0.39 is 4.92 Å². The van der Waals surface area contributed by atoms with Gasteiger partial charge in [0.15, 0.2) is 9.99 Å². The molecular weight excluding hydrogens is 324 g/mol. The van der Waals surface area contributed by atoms with Gasteiger partial charge in [-0.15, -0.1) is 11.3 Å². The van der Waals surface area contributed by atoms with E-state index in [0.29, 0.717) is 22.8 Å². The summed E-state index contributed by atoms with van der Waals surface area (Å²) in [5.74, 6) is 0.887. The Morgan fingerprint density at radius 3 is 2.86 bits per heavy atom. The fourth-order valence-electron chi connectivity index (χ4n) is 1.88. The van der Waals surface area contributed by atoms with Crippen molar-refractivity contribution in [3.8, 4) is 11.6 Å². The van der Waals surface area contributed by atoms with E-state index in [2.05, 4.69) is 15.0 Å². The minimum atomic E-state index is -0.421. The van der Waals surface area contributed by atoms with E-state index >= 15 is 0 Å². The Balaban J connectivity index is 1.98. The minimum absolute atomic E-state index is 0.0580. The number of thioether (sulfide) groups is 1. The van der Waals surface area contributed by atoms with Crippen LogP contribution in [0.5, 0.6) is 11.6 Å². The number of fused-ring (bicyclic) bond motifs is 1. The molecule has 0 aliphatic heterocycles. The third-order valence-corrected chi connectivity index (χ3v) is 4.91. The number of nitro benzene ring substituents is 1. The number of ether oxygens (including phenoxy) is 1. The van der Waals surface area contributed by atoms with Gasteiger partial charge in [0, 0.05) is 11.6 Å². The maximum Gasteiger partial charge on any atom is 0.272 e. The lowest BCUT2D eigenvalue weighted by Crippen LogP contribution is -1.94. The van der Waals surface area contributed by atoms with Crippen LogP contribution in [0.25, 0.3) is 10.3 Å².